The van der Waals surface area contributed by atoms with Gasteiger partial charge in [-0.1, -0.05) is 25.1 Å². The zero-order chi connectivity index (χ0) is 14.8. The summed E-state index contributed by atoms with van der Waals surface area (Å²) in [5.74, 6) is 0.264. The predicted octanol–water partition coefficient (Wildman–Crippen LogP) is 2.84. The first kappa shape index (κ1) is 14.7. The van der Waals surface area contributed by atoms with Crippen LogP contribution in [0.3, 0.4) is 0 Å². The molecule has 0 aliphatic rings. The minimum Gasteiger partial charge on any atom is -0.385 e. The summed E-state index contributed by atoms with van der Waals surface area (Å²) in [4.78, 5) is 4.19. The third-order valence-corrected chi connectivity index (χ3v) is 3.55. The van der Waals surface area contributed by atoms with Crippen LogP contribution in [0.4, 0.5) is 4.39 Å². The van der Waals surface area contributed by atoms with Gasteiger partial charge in [-0.2, -0.15) is 5.10 Å². The first-order valence-corrected chi connectivity index (χ1v) is 6.83. The standard InChI is InChI=1S/C15H20FN3O/c1-4-15(20,12-7-5-6-8-13(12)16)9-14-17-10-18-19(14)11(2)3/h5-8,10-11,20H,4,9H2,1-3H3. The molecule has 0 bridgehead atoms. The molecule has 4 nitrogen and oxygen atoms in total. The van der Waals surface area contributed by atoms with E-state index in [2.05, 4.69) is 10.1 Å². The van der Waals surface area contributed by atoms with Crippen molar-refractivity contribution in [3.05, 3.63) is 47.8 Å². The molecule has 1 atom stereocenters. The number of rotatable bonds is 5. The van der Waals surface area contributed by atoms with E-state index in [1.165, 1.54) is 12.4 Å². The maximum absolute atomic E-state index is 14.0. The molecule has 0 saturated heterocycles. The molecule has 0 fully saturated rings. The molecule has 0 aliphatic heterocycles. The van der Waals surface area contributed by atoms with E-state index in [-0.39, 0.29) is 12.5 Å². The van der Waals surface area contributed by atoms with Gasteiger partial charge in [-0.15, -0.1) is 0 Å². The third kappa shape index (κ3) is 2.72. The van der Waals surface area contributed by atoms with Gasteiger partial charge in [0.25, 0.3) is 0 Å². The van der Waals surface area contributed by atoms with E-state index in [0.717, 1.165) is 0 Å². The van der Waals surface area contributed by atoms with Crippen LogP contribution in [0.1, 0.15) is 44.6 Å². The second kappa shape index (κ2) is 5.71. The van der Waals surface area contributed by atoms with Crippen molar-refractivity contribution < 1.29 is 9.50 Å². The van der Waals surface area contributed by atoms with E-state index >= 15 is 0 Å². The molecule has 0 aliphatic carbocycles. The third-order valence-electron chi connectivity index (χ3n) is 3.55. The molecule has 1 heterocycles. The Labute approximate surface area is 118 Å². The summed E-state index contributed by atoms with van der Waals surface area (Å²) in [7, 11) is 0. The average molecular weight is 277 g/mol. The van der Waals surface area contributed by atoms with Gasteiger partial charge in [0.15, 0.2) is 0 Å². The van der Waals surface area contributed by atoms with Gasteiger partial charge >= 0.3 is 0 Å². The van der Waals surface area contributed by atoms with Crippen molar-refractivity contribution in [2.45, 2.75) is 45.3 Å². The highest BCUT2D eigenvalue weighted by molar-refractivity contribution is 5.25. The summed E-state index contributed by atoms with van der Waals surface area (Å²) in [6.07, 6.45) is 2.11. The van der Waals surface area contributed by atoms with E-state index in [1.807, 2.05) is 20.8 Å². The summed E-state index contributed by atoms with van der Waals surface area (Å²) in [6.45, 7) is 5.82. The Morgan fingerprint density at radius 3 is 2.65 bits per heavy atom. The molecule has 0 amide bonds. The van der Waals surface area contributed by atoms with Crippen LogP contribution in [0.2, 0.25) is 0 Å². The lowest BCUT2D eigenvalue weighted by atomic mass is 9.87. The van der Waals surface area contributed by atoms with E-state index in [1.54, 1.807) is 22.9 Å². The molecule has 1 aromatic carbocycles. The van der Waals surface area contributed by atoms with Crippen molar-refractivity contribution in [3.8, 4) is 0 Å². The summed E-state index contributed by atoms with van der Waals surface area (Å²) in [6, 6.07) is 6.48. The van der Waals surface area contributed by atoms with Crippen molar-refractivity contribution in [2.24, 2.45) is 0 Å². The first-order valence-electron chi connectivity index (χ1n) is 6.83. The number of aromatic nitrogens is 3. The number of nitrogens with zero attached hydrogens (tertiary/aromatic N) is 3. The highest BCUT2D eigenvalue weighted by Gasteiger charge is 2.32. The minimum atomic E-state index is -1.27. The molecule has 1 aromatic heterocycles. The normalized spacial score (nSPS) is 14.5. The fraction of sp³-hybridized carbons (Fsp3) is 0.467. The van der Waals surface area contributed by atoms with Crippen LogP contribution in [0.15, 0.2) is 30.6 Å². The van der Waals surface area contributed by atoms with Crippen molar-refractivity contribution in [3.63, 3.8) is 0 Å². The van der Waals surface area contributed by atoms with Gasteiger partial charge in [-0.05, 0) is 26.3 Å². The van der Waals surface area contributed by atoms with Crippen molar-refractivity contribution in [1.82, 2.24) is 14.8 Å². The van der Waals surface area contributed by atoms with Gasteiger partial charge in [0.1, 0.15) is 18.0 Å². The molecule has 0 saturated carbocycles. The second-order valence-electron chi connectivity index (χ2n) is 5.26. The lowest BCUT2D eigenvalue weighted by Gasteiger charge is -2.27. The van der Waals surface area contributed by atoms with Crippen LogP contribution in [0.25, 0.3) is 0 Å². The zero-order valence-corrected chi connectivity index (χ0v) is 12.0. The highest BCUT2D eigenvalue weighted by atomic mass is 19.1. The van der Waals surface area contributed by atoms with Gasteiger partial charge in [0.2, 0.25) is 0 Å². The zero-order valence-electron chi connectivity index (χ0n) is 12.0. The molecule has 108 valence electrons. The maximum Gasteiger partial charge on any atom is 0.138 e. The van der Waals surface area contributed by atoms with E-state index in [9.17, 15) is 9.50 Å². The van der Waals surface area contributed by atoms with Crippen LogP contribution in [-0.2, 0) is 12.0 Å². The van der Waals surface area contributed by atoms with Gasteiger partial charge in [0.05, 0.1) is 5.60 Å². The summed E-state index contributed by atoms with van der Waals surface area (Å²) in [5.41, 5.74) is -0.966. The summed E-state index contributed by atoms with van der Waals surface area (Å²) < 4.78 is 15.7. The van der Waals surface area contributed by atoms with Crippen LogP contribution in [0.5, 0.6) is 0 Å². The highest BCUT2D eigenvalue weighted by Crippen LogP contribution is 2.30. The number of hydrogen-bond acceptors (Lipinski definition) is 3. The van der Waals surface area contributed by atoms with Crippen LogP contribution in [0, 0.1) is 5.82 Å². The number of aliphatic hydroxyl groups is 1. The molecule has 1 N–H and O–H groups in total. The van der Waals surface area contributed by atoms with Gasteiger partial charge in [0, 0.05) is 18.0 Å². The lowest BCUT2D eigenvalue weighted by molar-refractivity contribution is 0.0259. The molecular formula is C15H20FN3O. The Balaban J connectivity index is 2.37. The molecule has 2 aromatic rings. The first-order chi connectivity index (χ1) is 9.48. The molecule has 0 radical (unpaired) electrons. The number of hydrogen-bond donors (Lipinski definition) is 1. The molecule has 20 heavy (non-hydrogen) atoms. The van der Waals surface area contributed by atoms with E-state index in [0.29, 0.717) is 17.8 Å². The van der Waals surface area contributed by atoms with E-state index in [4.69, 9.17) is 0 Å². The van der Waals surface area contributed by atoms with Gasteiger partial charge in [-0.25, -0.2) is 14.1 Å². The summed E-state index contributed by atoms with van der Waals surface area (Å²) in [5, 5.41) is 15.0. The van der Waals surface area contributed by atoms with Crippen LogP contribution >= 0.6 is 0 Å². The van der Waals surface area contributed by atoms with Gasteiger partial charge < -0.3 is 5.11 Å². The Morgan fingerprint density at radius 2 is 2.05 bits per heavy atom. The molecule has 0 spiro atoms. The predicted molar refractivity (Wildman–Crippen MR) is 74.7 cm³/mol. The largest absolute Gasteiger partial charge is 0.385 e. The lowest BCUT2D eigenvalue weighted by Crippen LogP contribution is -2.30. The smallest absolute Gasteiger partial charge is 0.138 e. The van der Waals surface area contributed by atoms with Crippen molar-refractivity contribution >= 4 is 0 Å². The molecule has 5 heteroatoms. The number of halogens is 1. The Morgan fingerprint density at radius 1 is 1.35 bits per heavy atom. The Bertz CT molecular complexity index is 582. The van der Waals surface area contributed by atoms with Crippen LogP contribution < -0.4 is 0 Å². The van der Waals surface area contributed by atoms with Crippen LogP contribution in [-0.4, -0.2) is 19.9 Å². The molecular weight excluding hydrogens is 257 g/mol. The molecule has 2 rings (SSSR count). The van der Waals surface area contributed by atoms with Gasteiger partial charge in [-0.3, -0.25) is 0 Å². The average Bonchev–Trinajstić information content (AvgIpc) is 2.87. The van der Waals surface area contributed by atoms with Crippen molar-refractivity contribution in [1.29, 1.82) is 0 Å². The fourth-order valence-corrected chi connectivity index (χ4v) is 2.34. The maximum atomic E-state index is 14.0. The van der Waals surface area contributed by atoms with Crippen molar-refractivity contribution in [2.75, 3.05) is 0 Å². The molecule has 1 unspecified atom stereocenters. The monoisotopic (exact) mass is 277 g/mol. The SMILES string of the molecule is CCC(O)(Cc1ncnn1C(C)C)c1ccccc1F. The fourth-order valence-electron chi connectivity index (χ4n) is 2.34. The topological polar surface area (TPSA) is 50.9 Å². The second-order valence-corrected chi connectivity index (χ2v) is 5.26. The van der Waals surface area contributed by atoms with E-state index < -0.39 is 11.4 Å². The number of benzene rings is 1. The summed E-state index contributed by atoms with van der Waals surface area (Å²) >= 11 is 0. The quantitative estimate of drug-likeness (QED) is 0.914. The Kier molecular flexibility index (Phi) is 4.18. The minimum absolute atomic E-state index is 0.147. The Hall–Kier alpha value is -1.75.